The van der Waals surface area contributed by atoms with Gasteiger partial charge in [0.25, 0.3) is 0 Å². The Morgan fingerprint density at radius 3 is 2.32 bits per heavy atom. The van der Waals surface area contributed by atoms with Crippen LogP contribution >= 0.6 is 0 Å². The number of aryl methyl sites for hydroxylation is 1. The maximum Gasteiger partial charge on any atom is 0.123 e. The first-order chi connectivity index (χ1) is 9.13. The van der Waals surface area contributed by atoms with Gasteiger partial charge in [0, 0.05) is 5.69 Å². The third-order valence-electron chi connectivity index (χ3n) is 2.80. The molecule has 0 aliphatic carbocycles. The van der Waals surface area contributed by atoms with Gasteiger partial charge in [-0.15, -0.1) is 0 Å². The minimum atomic E-state index is -0.227. The summed E-state index contributed by atoms with van der Waals surface area (Å²) < 4.78 is 18.5. The Labute approximate surface area is 113 Å². The molecule has 2 aromatic rings. The van der Waals surface area contributed by atoms with Crippen LogP contribution in [0.4, 0.5) is 10.1 Å². The highest BCUT2D eigenvalue weighted by atomic mass is 19.1. The summed E-state index contributed by atoms with van der Waals surface area (Å²) in [6, 6.07) is 14.3. The topological polar surface area (TPSA) is 21.3 Å². The molecule has 1 atom stereocenters. The summed E-state index contributed by atoms with van der Waals surface area (Å²) >= 11 is 0. The average molecular weight is 259 g/mol. The van der Waals surface area contributed by atoms with Crippen molar-refractivity contribution in [3.8, 4) is 5.75 Å². The maximum absolute atomic E-state index is 12.8. The number of hydrogen-bond acceptors (Lipinski definition) is 2. The molecule has 3 heteroatoms. The normalized spacial score (nSPS) is 11.9. The summed E-state index contributed by atoms with van der Waals surface area (Å²) in [7, 11) is 0. The zero-order valence-corrected chi connectivity index (χ0v) is 11.2. The highest BCUT2D eigenvalue weighted by Gasteiger charge is 2.03. The fourth-order valence-corrected chi connectivity index (χ4v) is 1.72. The number of ether oxygens (including phenoxy) is 1. The third-order valence-corrected chi connectivity index (χ3v) is 2.80. The molecule has 0 aliphatic heterocycles. The quantitative estimate of drug-likeness (QED) is 0.875. The molecular formula is C16H18FNO. The second-order valence-corrected chi connectivity index (χ2v) is 4.63. The van der Waals surface area contributed by atoms with E-state index in [1.807, 2.05) is 38.1 Å². The van der Waals surface area contributed by atoms with Gasteiger partial charge in [-0.2, -0.15) is 0 Å². The van der Waals surface area contributed by atoms with Crippen LogP contribution in [0.1, 0.15) is 12.5 Å². The van der Waals surface area contributed by atoms with Gasteiger partial charge in [0.05, 0.1) is 6.54 Å². The van der Waals surface area contributed by atoms with E-state index in [0.29, 0.717) is 6.54 Å². The lowest BCUT2D eigenvalue weighted by Crippen LogP contribution is -2.22. The zero-order chi connectivity index (χ0) is 13.7. The lowest BCUT2D eigenvalue weighted by Gasteiger charge is -2.16. The van der Waals surface area contributed by atoms with Gasteiger partial charge in [-0.3, -0.25) is 0 Å². The lowest BCUT2D eigenvalue weighted by molar-refractivity contribution is 0.234. The molecule has 0 saturated heterocycles. The Balaban J connectivity index is 1.82. The molecule has 1 unspecified atom stereocenters. The number of anilines is 1. The number of nitrogens with one attached hydrogen (secondary N) is 1. The molecule has 0 aliphatic rings. The van der Waals surface area contributed by atoms with E-state index in [0.717, 1.165) is 11.4 Å². The predicted octanol–water partition coefficient (Wildman–Crippen LogP) is 4.01. The monoisotopic (exact) mass is 259 g/mol. The van der Waals surface area contributed by atoms with E-state index in [1.165, 1.54) is 17.7 Å². The highest BCUT2D eigenvalue weighted by Crippen LogP contribution is 2.14. The molecule has 100 valence electrons. The first kappa shape index (κ1) is 13.4. The first-order valence-electron chi connectivity index (χ1n) is 6.36. The van der Waals surface area contributed by atoms with Crippen LogP contribution in [0, 0.1) is 12.7 Å². The molecule has 2 nitrogen and oxygen atoms in total. The van der Waals surface area contributed by atoms with E-state index in [2.05, 4.69) is 5.32 Å². The Morgan fingerprint density at radius 2 is 1.68 bits per heavy atom. The fourth-order valence-electron chi connectivity index (χ4n) is 1.72. The summed E-state index contributed by atoms with van der Waals surface area (Å²) in [5.41, 5.74) is 2.10. The molecule has 0 spiro atoms. The largest absolute Gasteiger partial charge is 0.489 e. The van der Waals surface area contributed by atoms with Gasteiger partial charge in [0.1, 0.15) is 17.7 Å². The standard InChI is InChI=1S/C16H18FNO/c1-12-3-9-16(10-4-12)19-13(2)11-18-15-7-5-14(17)6-8-15/h3-10,13,18H,11H2,1-2H3. The summed E-state index contributed by atoms with van der Waals surface area (Å²) in [5.74, 6) is 0.633. The Bertz CT molecular complexity index is 507. The van der Waals surface area contributed by atoms with Gasteiger partial charge in [0.15, 0.2) is 0 Å². The summed E-state index contributed by atoms with van der Waals surface area (Å²) in [5, 5.41) is 3.21. The van der Waals surface area contributed by atoms with Gasteiger partial charge < -0.3 is 10.1 Å². The van der Waals surface area contributed by atoms with Crippen molar-refractivity contribution < 1.29 is 9.13 Å². The Kier molecular flexibility index (Phi) is 4.39. The molecule has 0 bridgehead atoms. The van der Waals surface area contributed by atoms with Crippen molar-refractivity contribution in [2.45, 2.75) is 20.0 Å². The van der Waals surface area contributed by atoms with Crippen LogP contribution in [-0.2, 0) is 0 Å². The second-order valence-electron chi connectivity index (χ2n) is 4.63. The minimum absolute atomic E-state index is 0.0350. The summed E-state index contributed by atoms with van der Waals surface area (Å²) in [6.07, 6.45) is 0.0350. The second kappa shape index (κ2) is 6.23. The fraction of sp³-hybridized carbons (Fsp3) is 0.250. The third kappa shape index (κ3) is 4.28. The van der Waals surface area contributed by atoms with E-state index in [4.69, 9.17) is 4.74 Å². The van der Waals surface area contributed by atoms with Gasteiger partial charge in [0.2, 0.25) is 0 Å². The lowest BCUT2D eigenvalue weighted by atomic mass is 10.2. The summed E-state index contributed by atoms with van der Waals surface area (Å²) in [4.78, 5) is 0. The van der Waals surface area contributed by atoms with Crippen molar-refractivity contribution in [1.82, 2.24) is 0 Å². The highest BCUT2D eigenvalue weighted by molar-refractivity contribution is 5.42. The van der Waals surface area contributed by atoms with Crippen LogP contribution in [0.25, 0.3) is 0 Å². The predicted molar refractivity (Wildman–Crippen MR) is 76.2 cm³/mol. The van der Waals surface area contributed by atoms with E-state index in [1.54, 1.807) is 12.1 Å². The molecule has 1 N–H and O–H groups in total. The van der Waals surface area contributed by atoms with Crippen molar-refractivity contribution in [1.29, 1.82) is 0 Å². The van der Waals surface area contributed by atoms with E-state index in [9.17, 15) is 4.39 Å². The van der Waals surface area contributed by atoms with E-state index < -0.39 is 0 Å². The van der Waals surface area contributed by atoms with Gasteiger partial charge in [-0.25, -0.2) is 4.39 Å². The van der Waals surface area contributed by atoms with Crippen LogP contribution in [0.2, 0.25) is 0 Å². The average Bonchev–Trinajstić information content (AvgIpc) is 2.41. The van der Waals surface area contributed by atoms with Crippen molar-refractivity contribution in [2.24, 2.45) is 0 Å². The van der Waals surface area contributed by atoms with Gasteiger partial charge in [-0.05, 0) is 50.2 Å². The van der Waals surface area contributed by atoms with Crippen molar-refractivity contribution in [2.75, 3.05) is 11.9 Å². The van der Waals surface area contributed by atoms with Gasteiger partial charge >= 0.3 is 0 Å². The van der Waals surface area contributed by atoms with Crippen LogP contribution in [0.15, 0.2) is 48.5 Å². The molecule has 0 radical (unpaired) electrons. The van der Waals surface area contributed by atoms with E-state index in [-0.39, 0.29) is 11.9 Å². The number of halogens is 1. The minimum Gasteiger partial charge on any atom is -0.489 e. The maximum atomic E-state index is 12.8. The van der Waals surface area contributed by atoms with Gasteiger partial charge in [-0.1, -0.05) is 17.7 Å². The zero-order valence-electron chi connectivity index (χ0n) is 11.2. The molecule has 19 heavy (non-hydrogen) atoms. The molecule has 2 rings (SSSR count). The molecule has 0 heterocycles. The molecule has 0 aromatic heterocycles. The van der Waals surface area contributed by atoms with Crippen molar-refractivity contribution in [3.05, 3.63) is 59.9 Å². The molecular weight excluding hydrogens is 241 g/mol. The Morgan fingerprint density at radius 1 is 1.05 bits per heavy atom. The summed E-state index contributed by atoms with van der Waals surface area (Å²) in [6.45, 7) is 4.71. The molecule has 0 amide bonds. The first-order valence-corrected chi connectivity index (χ1v) is 6.36. The van der Waals surface area contributed by atoms with Crippen LogP contribution in [-0.4, -0.2) is 12.6 Å². The van der Waals surface area contributed by atoms with Crippen molar-refractivity contribution >= 4 is 5.69 Å². The number of rotatable bonds is 5. The van der Waals surface area contributed by atoms with Crippen molar-refractivity contribution in [3.63, 3.8) is 0 Å². The van der Waals surface area contributed by atoms with Crippen LogP contribution in [0.5, 0.6) is 5.75 Å². The molecule has 0 saturated carbocycles. The SMILES string of the molecule is Cc1ccc(OC(C)CNc2ccc(F)cc2)cc1. The smallest absolute Gasteiger partial charge is 0.123 e. The number of hydrogen-bond donors (Lipinski definition) is 1. The van der Waals surface area contributed by atoms with Crippen LogP contribution in [0.3, 0.4) is 0 Å². The van der Waals surface area contributed by atoms with E-state index >= 15 is 0 Å². The van der Waals surface area contributed by atoms with Crippen LogP contribution < -0.4 is 10.1 Å². The molecule has 2 aromatic carbocycles. The Hall–Kier alpha value is -2.03. The molecule has 0 fully saturated rings. The number of benzene rings is 2.